The number of aromatic carboxylic acids is 1. The number of nitrogens with zero attached hydrogens (tertiary/aromatic N) is 4. The molecule has 1 N–H and O–H groups in total. The predicted molar refractivity (Wildman–Crippen MR) is 110 cm³/mol. The van der Waals surface area contributed by atoms with Gasteiger partial charge in [0.25, 0.3) is 0 Å². The van der Waals surface area contributed by atoms with Gasteiger partial charge in [0, 0.05) is 37.4 Å². The second kappa shape index (κ2) is 8.40. The molecule has 0 unspecified atom stereocenters. The predicted octanol–water partition coefficient (Wildman–Crippen LogP) is 4.21. The lowest BCUT2D eigenvalue weighted by atomic mass is 9.78. The minimum atomic E-state index is -4.46. The Morgan fingerprint density at radius 3 is 2.44 bits per heavy atom. The average Bonchev–Trinajstić information content (AvgIpc) is 3.37. The number of carbonyl (C=O) groups is 2. The summed E-state index contributed by atoms with van der Waals surface area (Å²) in [7, 11) is 0. The van der Waals surface area contributed by atoms with Gasteiger partial charge in [-0.15, -0.1) is 0 Å². The van der Waals surface area contributed by atoms with Crippen molar-refractivity contribution in [3.05, 3.63) is 52.3 Å². The first-order valence-electron chi connectivity index (χ1n) is 10.2. The van der Waals surface area contributed by atoms with E-state index in [0.29, 0.717) is 26.2 Å². The lowest BCUT2D eigenvalue weighted by Gasteiger charge is -2.39. The van der Waals surface area contributed by atoms with Crippen LogP contribution in [0.3, 0.4) is 0 Å². The maximum Gasteiger partial charge on any atom is 0.416 e. The number of carbonyl (C=O) groups excluding carboxylic acids is 1. The Kier molecular flexibility index (Phi) is 5.93. The van der Waals surface area contributed by atoms with Crippen LogP contribution in [0.25, 0.3) is 0 Å². The highest BCUT2D eigenvalue weighted by molar-refractivity contribution is 6.31. The number of piperidine rings is 1. The molecule has 1 aromatic heterocycles. The molecule has 4 rings (SSSR count). The third-order valence-corrected chi connectivity index (χ3v) is 6.78. The lowest BCUT2D eigenvalue weighted by molar-refractivity contribution is -0.138. The third-order valence-electron chi connectivity index (χ3n) is 6.42. The molecule has 1 aromatic carbocycles. The molecule has 2 aliphatic rings. The summed E-state index contributed by atoms with van der Waals surface area (Å²) in [6, 6.07) is 4.74. The summed E-state index contributed by atoms with van der Waals surface area (Å²) in [5.74, 6) is -1.20. The van der Waals surface area contributed by atoms with Crippen molar-refractivity contribution in [1.29, 1.82) is 0 Å². The molecule has 172 valence electrons. The standard InChI is InChI=1S/C21H22ClF3N4O3/c22-16-3-1-2-15(21(23,24)25)14(16)12-27-9-5-20(13-27)6-10-28(11-7-20)19(32)29-8-4-17(26-29)18(30)31/h1-4,8H,5-7,9-13H2,(H,30,31). The van der Waals surface area contributed by atoms with Gasteiger partial charge in [-0.2, -0.15) is 23.0 Å². The van der Waals surface area contributed by atoms with Crippen LogP contribution >= 0.6 is 11.6 Å². The van der Waals surface area contributed by atoms with Gasteiger partial charge in [-0.3, -0.25) is 4.90 Å². The first-order valence-corrected chi connectivity index (χ1v) is 10.6. The second-order valence-electron chi connectivity index (χ2n) is 8.44. The van der Waals surface area contributed by atoms with Crippen molar-refractivity contribution in [2.45, 2.75) is 32.0 Å². The molecular weight excluding hydrogens is 449 g/mol. The Morgan fingerprint density at radius 2 is 1.81 bits per heavy atom. The SMILES string of the molecule is O=C(O)c1ccn(C(=O)N2CCC3(CCN(Cc4c(Cl)cccc4C(F)(F)F)C3)CC2)n1. The van der Waals surface area contributed by atoms with Gasteiger partial charge in [0.15, 0.2) is 5.69 Å². The number of benzene rings is 1. The normalized spacial score (nSPS) is 18.9. The molecule has 7 nitrogen and oxygen atoms in total. The summed E-state index contributed by atoms with van der Waals surface area (Å²) in [6.45, 7) is 2.40. The van der Waals surface area contributed by atoms with Crippen LogP contribution in [0.2, 0.25) is 5.02 Å². The van der Waals surface area contributed by atoms with E-state index in [1.54, 1.807) is 4.90 Å². The summed E-state index contributed by atoms with van der Waals surface area (Å²) in [6.07, 6.45) is -0.856. The maximum absolute atomic E-state index is 13.4. The highest BCUT2D eigenvalue weighted by Gasteiger charge is 2.42. The molecule has 0 bridgehead atoms. The highest BCUT2D eigenvalue weighted by atomic mass is 35.5. The fourth-order valence-corrected chi connectivity index (χ4v) is 4.88. The van der Waals surface area contributed by atoms with Crippen LogP contribution in [0.4, 0.5) is 18.0 Å². The van der Waals surface area contributed by atoms with Crippen LogP contribution in [0, 0.1) is 5.41 Å². The zero-order valence-corrected chi connectivity index (χ0v) is 17.9. The zero-order valence-electron chi connectivity index (χ0n) is 17.1. The van der Waals surface area contributed by atoms with Crippen LogP contribution in [0.1, 0.15) is 40.9 Å². The number of rotatable bonds is 3. The molecule has 32 heavy (non-hydrogen) atoms. The number of hydrogen-bond donors (Lipinski definition) is 1. The van der Waals surface area contributed by atoms with Gasteiger partial charge in [0.05, 0.1) is 5.56 Å². The van der Waals surface area contributed by atoms with Gasteiger partial charge in [-0.25, -0.2) is 9.59 Å². The largest absolute Gasteiger partial charge is 0.476 e. The Hall–Kier alpha value is -2.59. The molecule has 0 aliphatic carbocycles. The molecule has 0 radical (unpaired) electrons. The number of amides is 1. The summed E-state index contributed by atoms with van der Waals surface area (Å²) in [5.41, 5.74) is -0.867. The van der Waals surface area contributed by atoms with E-state index in [1.165, 1.54) is 24.4 Å². The van der Waals surface area contributed by atoms with E-state index in [9.17, 15) is 22.8 Å². The summed E-state index contributed by atoms with van der Waals surface area (Å²) >= 11 is 6.11. The molecule has 3 heterocycles. The molecule has 1 amide bonds. The van der Waals surface area contributed by atoms with E-state index in [-0.39, 0.29) is 34.3 Å². The summed E-state index contributed by atoms with van der Waals surface area (Å²) in [5, 5.41) is 12.9. The van der Waals surface area contributed by atoms with E-state index in [0.717, 1.165) is 30.0 Å². The van der Waals surface area contributed by atoms with E-state index >= 15 is 0 Å². The van der Waals surface area contributed by atoms with Crippen molar-refractivity contribution < 1.29 is 27.9 Å². The van der Waals surface area contributed by atoms with Crippen molar-refractivity contribution in [2.24, 2.45) is 5.41 Å². The maximum atomic E-state index is 13.4. The van der Waals surface area contributed by atoms with Crippen molar-refractivity contribution in [1.82, 2.24) is 19.6 Å². The summed E-state index contributed by atoms with van der Waals surface area (Å²) < 4.78 is 41.2. The van der Waals surface area contributed by atoms with Crippen molar-refractivity contribution in [2.75, 3.05) is 26.2 Å². The Bertz CT molecular complexity index is 1030. The number of carboxylic acid groups (broad SMARTS) is 1. The number of aromatic nitrogens is 2. The molecule has 2 aliphatic heterocycles. The van der Waals surface area contributed by atoms with Crippen molar-refractivity contribution in [3.8, 4) is 0 Å². The van der Waals surface area contributed by atoms with Crippen LogP contribution in [0.15, 0.2) is 30.5 Å². The van der Waals surface area contributed by atoms with Crippen LogP contribution in [-0.2, 0) is 12.7 Å². The molecule has 1 spiro atoms. The van der Waals surface area contributed by atoms with Crippen molar-refractivity contribution in [3.63, 3.8) is 0 Å². The Morgan fingerprint density at radius 1 is 1.12 bits per heavy atom. The third kappa shape index (κ3) is 4.47. The minimum Gasteiger partial charge on any atom is -0.476 e. The molecule has 2 fully saturated rings. The monoisotopic (exact) mass is 470 g/mol. The van der Waals surface area contributed by atoms with Crippen LogP contribution in [0.5, 0.6) is 0 Å². The van der Waals surface area contributed by atoms with E-state index in [2.05, 4.69) is 5.10 Å². The first-order chi connectivity index (χ1) is 15.1. The zero-order chi connectivity index (χ0) is 23.1. The average molecular weight is 471 g/mol. The number of halogens is 4. The molecule has 11 heteroatoms. The van der Waals surface area contributed by atoms with Gasteiger partial charge in [0.2, 0.25) is 0 Å². The lowest BCUT2D eigenvalue weighted by Crippen LogP contribution is -2.45. The Labute approximate surface area is 187 Å². The minimum absolute atomic E-state index is 0.0627. The van der Waals surface area contributed by atoms with E-state index < -0.39 is 17.7 Å². The summed E-state index contributed by atoms with van der Waals surface area (Å²) in [4.78, 5) is 27.2. The highest BCUT2D eigenvalue weighted by Crippen LogP contribution is 2.42. The first kappa shape index (κ1) is 22.6. The van der Waals surface area contributed by atoms with Crippen LogP contribution in [-0.4, -0.2) is 62.9 Å². The smallest absolute Gasteiger partial charge is 0.416 e. The quantitative estimate of drug-likeness (QED) is 0.727. The number of likely N-dealkylation sites (tertiary alicyclic amines) is 2. The van der Waals surface area contributed by atoms with Gasteiger partial charge < -0.3 is 10.0 Å². The number of carboxylic acids is 1. The molecule has 0 saturated carbocycles. The van der Waals surface area contributed by atoms with E-state index in [4.69, 9.17) is 16.7 Å². The molecular formula is C21H22ClF3N4O3. The molecule has 2 saturated heterocycles. The van der Waals surface area contributed by atoms with Crippen molar-refractivity contribution >= 4 is 23.6 Å². The van der Waals surface area contributed by atoms with E-state index in [1.807, 2.05) is 4.90 Å². The molecule has 2 aromatic rings. The van der Waals surface area contributed by atoms with Gasteiger partial charge in [-0.1, -0.05) is 17.7 Å². The fraction of sp³-hybridized carbons (Fsp3) is 0.476. The Balaban J connectivity index is 1.38. The van der Waals surface area contributed by atoms with Crippen LogP contribution < -0.4 is 0 Å². The number of hydrogen-bond acceptors (Lipinski definition) is 4. The fourth-order valence-electron chi connectivity index (χ4n) is 4.64. The van der Waals surface area contributed by atoms with Gasteiger partial charge in [0.1, 0.15) is 0 Å². The van der Waals surface area contributed by atoms with Gasteiger partial charge in [-0.05, 0) is 55.0 Å². The number of alkyl halides is 3. The van der Waals surface area contributed by atoms with Gasteiger partial charge >= 0.3 is 18.2 Å². The molecule has 0 atom stereocenters. The topological polar surface area (TPSA) is 78.7 Å². The second-order valence-corrected chi connectivity index (χ2v) is 8.85.